The van der Waals surface area contributed by atoms with Gasteiger partial charge in [0.2, 0.25) is 5.91 Å². The van der Waals surface area contributed by atoms with Gasteiger partial charge in [0.1, 0.15) is 12.2 Å². The molecule has 3 aromatic rings. The number of hydrogen-bond donors (Lipinski definition) is 0. The molecular formula is C22H27F3N6O. The van der Waals surface area contributed by atoms with Crippen molar-refractivity contribution in [3.63, 3.8) is 0 Å². The van der Waals surface area contributed by atoms with Crippen molar-refractivity contribution in [1.29, 1.82) is 0 Å². The van der Waals surface area contributed by atoms with Crippen LogP contribution >= 0.6 is 0 Å². The van der Waals surface area contributed by atoms with Gasteiger partial charge in [-0.2, -0.15) is 23.4 Å². The molecule has 0 bridgehead atoms. The van der Waals surface area contributed by atoms with Crippen LogP contribution in [0.4, 0.5) is 13.2 Å². The van der Waals surface area contributed by atoms with Gasteiger partial charge in [-0.1, -0.05) is 6.92 Å². The standard InChI is InChI=1S/C22H27F3N6O/c1-5-16-10-19(22(23,24)25)31-20(26-16)11-17(28-31)18-8-6-7-9-29(18)21(32)12-30-15(4)13(2)14(3)27-30/h10-11,18H,5-9,12H2,1-4H3/t18-/m1/s1. The molecule has 1 atom stereocenters. The Balaban J connectivity index is 1.69. The second-order valence-electron chi connectivity index (χ2n) is 8.38. The molecule has 3 aromatic heterocycles. The van der Waals surface area contributed by atoms with Crippen LogP contribution < -0.4 is 0 Å². The molecule has 0 N–H and O–H groups in total. The minimum absolute atomic E-state index is 0.0937. The minimum atomic E-state index is -4.55. The summed E-state index contributed by atoms with van der Waals surface area (Å²) in [7, 11) is 0. The Kier molecular flexibility index (Phi) is 5.72. The lowest BCUT2D eigenvalue weighted by molar-refractivity contribution is -0.143. The molecule has 10 heteroatoms. The van der Waals surface area contributed by atoms with Crippen LogP contribution in [0.5, 0.6) is 0 Å². The molecule has 32 heavy (non-hydrogen) atoms. The monoisotopic (exact) mass is 448 g/mol. The molecule has 0 spiro atoms. The molecule has 1 saturated heterocycles. The zero-order valence-corrected chi connectivity index (χ0v) is 18.7. The van der Waals surface area contributed by atoms with Gasteiger partial charge in [0, 0.05) is 24.0 Å². The van der Waals surface area contributed by atoms with Gasteiger partial charge >= 0.3 is 6.18 Å². The van der Waals surface area contributed by atoms with E-state index in [1.165, 1.54) is 0 Å². The fourth-order valence-electron chi connectivity index (χ4n) is 4.29. The maximum atomic E-state index is 13.6. The van der Waals surface area contributed by atoms with Gasteiger partial charge in [0.15, 0.2) is 5.65 Å². The molecular weight excluding hydrogens is 421 g/mol. The smallest absolute Gasteiger partial charge is 0.332 e. The zero-order chi connectivity index (χ0) is 23.2. The summed E-state index contributed by atoms with van der Waals surface area (Å²) in [5, 5.41) is 8.72. The van der Waals surface area contributed by atoms with Crippen LogP contribution in [0.1, 0.15) is 66.3 Å². The normalized spacial score (nSPS) is 17.3. The number of halogens is 3. The molecule has 4 heterocycles. The van der Waals surface area contributed by atoms with Crippen molar-refractivity contribution in [2.24, 2.45) is 0 Å². The van der Waals surface area contributed by atoms with E-state index in [0.29, 0.717) is 30.8 Å². The lowest BCUT2D eigenvalue weighted by atomic mass is 9.99. The maximum absolute atomic E-state index is 13.6. The summed E-state index contributed by atoms with van der Waals surface area (Å²) in [6.07, 6.45) is -1.80. The lowest BCUT2D eigenvalue weighted by Crippen LogP contribution is -2.40. The summed E-state index contributed by atoms with van der Waals surface area (Å²) in [5.74, 6) is -0.115. The number of fused-ring (bicyclic) bond motifs is 1. The number of amides is 1. The van der Waals surface area contributed by atoms with E-state index < -0.39 is 11.9 Å². The number of nitrogens with zero attached hydrogens (tertiary/aromatic N) is 6. The molecule has 1 aliphatic heterocycles. The number of aryl methyl sites for hydroxylation is 2. The summed E-state index contributed by atoms with van der Waals surface area (Å²) in [6, 6.07) is 2.23. The van der Waals surface area contributed by atoms with Gasteiger partial charge in [-0.15, -0.1) is 0 Å². The first-order chi connectivity index (χ1) is 15.1. The van der Waals surface area contributed by atoms with Gasteiger partial charge in [0.05, 0.1) is 17.4 Å². The lowest BCUT2D eigenvalue weighted by Gasteiger charge is -2.34. The first kappa shape index (κ1) is 22.3. The molecule has 0 aromatic carbocycles. The Morgan fingerprint density at radius 3 is 2.53 bits per heavy atom. The van der Waals surface area contributed by atoms with Crippen molar-refractivity contribution in [3.05, 3.63) is 46.2 Å². The third-order valence-corrected chi connectivity index (χ3v) is 6.34. The minimum Gasteiger partial charge on any atom is -0.332 e. The summed E-state index contributed by atoms with van der Waals surface area (Å²) in [4.78, 5) is 19.3. The Labute approximate surface area is 184 Å². The van der Waals surface area contributed by atoms with Gasteiger partial charge in [-0.25, -0.2) is 9.50 Å². The highest BCUT2D eigenvalue weighted by molar-refractivity contribution is 5.76. The van der Waals surface area contributed by atoms with E-state index in [1.54, 1.807) is 22.6 Å². The molecule has 0 aliphatic carbocycles. The van der Waals surface area contributed by atoms with Gasteiger partial charge in [-0.05, 0) is 58.1 Å². The highest BCUT2D eigenvalue weighted by atomic mass is 19.4. The Morgan fingerprint density at radius 2 is 1.91 bits per heavy atom. The number of piperidine rings is 1. The molecule has 0 radical (unpaired) electrons. The average molecular weight is 448 g/mol. The first-order valence-corrected chi connectivity index (χ1v) is 10.9. The van der Waals surface area contributed by atoms with E-state index in [4.69, 9.17) is 0 Å². The molecule has 1 aliphatic rings. The van der Waals surface area contributed by atoms with Crippen LogP contribution in [-0.4, -0.2) is 41.7 Å². The third kappa shape index (κ3) is 3.98. The van der Waals surface area contributed by atoms with E-state index in [0.717, 1.165) is 40.4 Å². The fraction of sp³-hybridized carbons (Fsp3) is 0.545. The zero-order valence-electron chi connectivity index (χ0n) is 18.7. The molecule has 4 rings (SSSR count). The maximum Gasteiger partial charge on any atom is 0.433 e. The van der Waals surface area contributed by atoms with Crippen molar-refractivity contribution in [2.45, 2.75) is 72.1 Å². The highest BCUT2D eigenvalue weighted by Gasteiger charge is 2.36. The number of likely N-dealkylation sites (tertiary alicyclic amines) is 1. The van der Waals surface area contributed by atoms with Crippen molar-refractivity contribution in [3.8, 4) is 0 Å². The Morgan fingerprint density at radius 1 is 1.16 bits per heavy atom. The summed E-state index contributed by atoms with van der Waals surface area (Å²) in [5.41, 5.74) is 2.95. The van der Waals surface area contributed by atoms with Gasteiger partial charge in [0.25, 0.3) is 0 Å². The van der Waals surface area contributed by atoms with Gasteiger partial charge < -0.3 is 4.90 Å². The number of rotatable bonds is 4. The van der Waals surface area contributed by atoms with Crippen molar-refractivity contribution in [2.75, 3.05) is 6.54 Å². The largest absolute Gasteiger partial charge is 0.433 e. The van der Waals surface area contributed by atoms with E-state index in [2.05, 4.69) is 15.2 Å². The number of carbonyl (C=O) groups is 1. The topological polar surface area (TPSA) is 68.3 Å². The van der Waals surface area contributed by atoms with Gasteiger partial charge in [-0.3, -0.25) is 9.48 Å². The number of hydrogen-bond acceptors (Lipinski definition) is 4. The van der Waals surface area contributed by atoms with E-state index in [-0.39, 0.29) is 24.1 Å². The van der Waals surface area contributed by atoms with Crippen LogP contribution in [0.3, 0.4) is 0 Å². The van der Waals surface area contributed by atoms with E-state index in [1.807, 2.05) is 20.8 Å². The predicted octanol–water partition coefficient (Wildman–Crippen LogP) is 4.19. The summed E-state index contributed by atoms with van der Waals surface area (Å²) >= 11 is 0. The average Bonchev–Trinajstić information content (AvgIpc) is 3.28. The Hall–Kier alpha value is -2.91. The quantitative estimate of drug-likeness (QED) is 0.600. The number of carbonyl (C=O) groups excluding carboxylic acids is 1. The predicted molar refractivity (Wildman–Crippen MR) is 112 cm³/mol. The Bertz CT molecular complexity index is 1160. The first-order valence-electron chi connectivity index (χ1n) is 10.9. The molecule has 0 unspecified atom stereocenters. The van der Waals surface area contributed by atoms with E-state index in [9.17, 15) is 18.0 Å². The second-order valence-corrected chi connectivity index (χ2v) is 8.38. The summed E-state index contributed by atoms with van der Waals surface area (Å²) in [6.45, 7) is 8.19. The van der Waals surface area contributed by atoms with Crippen LogP contribution in [0, 0.1) is 20.8 Å². The second kappa shape index (κ2) is 8.22. The summed E-state index contributed by atoms with van der Waals surface area (Å²) < 4.78 is 43.5. The molecule has 1 fully saturated rings. The van der Waals surface area contributed by atoms with Crippen LogP contribution in [0.15, 0.2) is 12.1 Å². The van der Waals surface area contributed by atoms with Crippen molar-refractivity contribution < 1.29 is 18.0 Å². The van der Waals surface area contributed by atoms with Crippen molar-refractivity contribution in [1.82, 2.24) is 29.3 Å². The highest BCUT2D eigenvalue weighted by Crippen LogP contribution is 2.34. The third-order valence-electron chi connectivity index (χ3n) is 6.34. The molecule has 7 nitrogen and oxygen atoms in total. The molecule has 1 amide bonds. The molecule has 172 valence electrons. The number of aromatic nitrogens is 5. The number of alkyl halides is 3. The van der Waals surface area contributed by atoms with Crippen LogP contribution in [0.2, 0.25) is 0 Å². The van der Waals surface area contributed by atoms with Crippen molar-refractivity contribution >= 4 is 11.6 Å². The fourth-order valence-corrected chi connectivity index (χ4v) is 4.29. The van der Waals surface area contributed by atoms with Crippen LogP contribution in [0.25, 0.3) is 5.65 Å². The molecule has 0 saturated carbocycles. The SMILES string of the molecule is CCc1cc(C(F)(F)F)n2nc([C@H]3CCCCN3C(=O)Cn3nc(C)c(C)c3C)cc2n1. The van der Waals surface area contributed by atoms with Crippen LogP contribution in [-0.2, 0) is 23.9 Å². The van der Waals surface area contributed by atoms with E-state index >= 15 is 0 Å².